The number of hydrogen-bond donors (Lipinski definition) is 1. The standard InChI is InChI=1S/C14H18Cl2FNO/c1-14(2,3)18-8-10-4-12(17)6-13(5-10)19-9-11(16)7-15/h4-7,18H,8-9H2,1-3H3/b11-7-. The number of benzene rings is 1. The van der Waals surface area contributed by atoms with Crippen LogP contribution in [0, 0.1) is 5.82 Å². The number of ether oxygens (including phenoxy) is 1. The largest absolute Gasteiger partial charge is 0.488 e. The molecule has 1 aromatic rings. The molecule has 0 unspecified atom stereocenters. The predicted octanol–water partition coefficient (Wildman–Crippen LogP) is 4.41. The first-order valence-electron chi connectivity index (χ1n) is 5.92. The summed E-state index contributed by atoms with van der Waals surface area (Å²) < 4.78 is 18.8. The van der Waals surface area contributed by atoms with Crippen LogP contribution >= 0.6 is 23.2 Å². The molecule has 1 N–H and O–H groups in total. The van der Waals surface area contributed by atoms with E-state index in [1.165, 1.54) is 17.7 Å². The number of rotatable bonds is 5. The molecular formula is C14H18Cl2FNO. The minimum Gasteiger partial charge on any atom is -0.488 e. The van der Waals surface area contributed by atoms with Crippen molar-refractivity contribution in [2.45, 2.75) is 32.9 Å². The minimum absolute atomic E-state index is 0.0298. The summed E-state index contributed by atoms with van der Waals surface area (Å²) in [6, 6.07) is 4.57. The van der Waals surface area contributed by atoms with Crippen molar-refractivity contribution >= 4 is 23.2 Å². The van der Waals surface area contributed by atoms with Crippen LogP contribution in [0.5, 0.6) is 5.75 Å². The van der Waals surface area contributed by atoms with Gasteiger partial charge in [0.2, 0.25) is 0 Å². The molecule has 0 atom stereocenters. The van der Waals surface area contributed by atoms with Gasteiger partial charge in [0.15, 0.2) is 0 Å². The highest BCUT2D eigenvalue weighted by molar-refractivity contribution is 6.36. The fourth-order valence-corrected chi connectivity index (χ4v) is 1.47. The molecule has 106 valence electrons. The van der Waals surface area contributed by atoms with E-state index in [0.717, 1.165) is 5.56 Å². The Morgan fingerprint density at radius 1 is 1.37 bits per heavy atom. The maximum atomic E-state index is 13.5. The van der Waals surface area contributed by atoms with Gasteiger partial charge in [0.25, 0.3) is 0 Å². The first-order valence-corrected chi connectivity index (χ1v) is 6.73. The van der Waals surface area contributed by atoms with E-state index in [1.54, 1.807) is 6.07 Å². The van der Waals surface area contributed by atoms with Crippen molar-refractivity contribution in [3.05, 3.63) is 40.1 Å². The third-order valence-electron chi connectivity index (χ3n) is 2.25. The van der Waals surface area contributed by atoms with Gasteiger partial charge in [-0.15, -0.1) is 0 Å². The van der Waals surface area contributed by atoms with Gasteiger partial charge in [-0.25, -0.2) is 4.39 Å². The van der Waals surface area contributed by atoms with Crippen LogP contribution in [0.15, 0.2) is 28.8 Å². The second-order valence-corrected chi connectivity index (χ2v) is 5.95. The zero-order valence-corrected chi connectivity index (χ0v) is 12.8. The van der Waals surface area contributed by atoms with Gasteiger partial charge in [-0.2, -0.15) is 0 Å². The molecule has 0 radical (unpaired) electrons. The lowest BCUT2D eigenvalue weighted by molar-refractivity contribution is 0.355. The Labute approximate surface area is 123 Å². The van der Waals surface area contributed by atoms with Crippen LogP contribution in [0.2, 0.25) is 0 Å². The number of hydrogen-bond acceptors (Lipinski definition) is 2. The zero-order valence-electron chi connectivity index (χ0n) is 11.3. The molecule has 0 saturated carbocycles. The molecule has 1 rings (SSSR count). The van der Waals surface area contributed by atoms with Crippen LogP contribution < -0.4 is 10.1 Å². The summed E-state index contributed by atoms with van der Waals surface area (Å²) >= 11 is 11.1. The molecule has 0 spiro atoms. The average molecular weight is 306 g/mol. The summed E-state index contributed by atoms with van der Waals surface area (Å²) in [5.74, 6) is 0.0940. The summed E-state index contributed by atoms with van der Waals surface area (Å²) in [7, 11) is 0. The molecule has 5 heteroatoms. The van der Waals surface area contributed by atoms with E-state index in [9.17, 15) is 4.39 Å². The van der Waals surface area contributed by atoms with Gasteiger partial charge >= 0.3 is 0 Å². The van der Waals surface area contributed by atoms with Crippen molar-refractivity contribution in [1.29, 1.82) is 0 Å². The highest BCUT2D eigenvalue weighted by Crippen LogP contribution is 2.18. The molecule has 0 heterocycles. The molecule has 0 fully saturated rings. The van der Waals surface area contributed by atoms with Gasteiger partial charge in [0.05, 0.1) is 5.03 Å². The first kappa shape index (κ1) is 16.3. The van der Waals surface area contributed by atoms with Crippen molar-refractivity contribution in [1.82, 2.24) is 5.32 Å². The molecule has 0 bridgehead atoms. The predicted molar refractivity (Wildman–Crippen MR) is 78.3 cm³/mol. The Bertz CT molecular complexity index is 455. The molecule has 19 heavy (non-hydrogen) atoms. The second-order valence-electron chi connectivity index (χ2n) is 5.24. The number of halogens is 3. The van der Waals surface area contributed by atoms with E-state index >= 15 is 0 Å². The van der Waals surface area contributed by atoms with Crippen LogP contribution in [0.25, 0.3) is 0 Å². The maximum absolute atomic E-state index is 13.5. The van der Waals surface area contributed by atoms with E-state index in [0.29, 0.717) is 17.3 Å². The zero-order chi connectivity index (χ0) is 14.5. The minimum atomic E-state index is -0.339. The third kappa shape index (κ3) is 6.81. The van der Waals surface area contributed by atoms with Gasteiger partial charge in [-0.3, -0.25) is 0 Å². The molecular weight excluding hydrogens is 288 g/mol. The Morgan fingerprint density at radius 3 is 2.63 bits per heavy atom. The molecule has 0 aliphatic carbocycles. The number of nitrogens with one attached hydrogen (secondary N) is 1. The van der Waals surface area contributed by atoms with Gasteiger partial charge < -0.3 is 10.1 Å². The van der Waals surface area contributed by atoms with Crippen LogP contribution in [0.4, 0.5) is 4.39 Å². The van der Waals surface area contributed by atoms with Gasteiger partial charge in [-0.1, -0.05) is 23.2 Å². The molecule has 0 aromatic heterocycles. The lowest BCUT2D eigenvalue weighted by Crippen LogP contribution is -2.35. The molecule has 1 aromatic carbocycles. The van der Waals surface area contributed by atoms with Crippen LogP contribution in [0.3, 0.4) is 0 Å². The molecule has 0 aliphatic heterocycles. The molecule has 0 saturated heterocycles. The lowest BCUT2D eigenvalue weighted by atomic mass is 10.1. The van der Waals surface area contributed by atoms with Gasteiger partial charge in [0, 0.05) is 23.7 Å². The fraction of sp³-hybridized carbons (Fsp3) is 0.429. The second kappa shape index (κ2) is 7.13. The van der Waals surface area contributed by atoms with Crippen LogP contribution in [0.1, 0.15) is 26.3 Å². The average Bonchev–Trinajstić information content (AvgIpc) is 2.32. The molecule has 2 nitrogen and oxygen atoms in total. The van der Waals surface area contributed by atoms with Crippen molar-refractivity contribution in [3.8, 4) is 5.75 Å². The van der Waals surface area contributed by atoms with Crippen molar-refractivity contribution < 1.29 is 9.13 Å². The van der Waals surface area contributed by atoms with Crippen molar-refractivity contribution in [2.75, 3.05) is 6.61 Å². The maximum Gasteiger partial charge on any atom is 0.127 e. The fourth-order valence-electron chi connectivity index (χ4n) is 1.36. The van der Waals surface area contributed by atoms with E-state index in [2.05, 4.69) is 26.1 Å². The van der Waals surface area contributed by atoms with Crippen molar-refractivity contribution in [3.63, 3.8) is 0 Å². The Hall–Kier alpha value is -0.770. The Morgan fingerprint density at radius 2 is 2.05 bits per heavy atom. The summed E-state index contributed by atoms with van der Waals surface area (Å²) in [6.45, 7) is 6.84. The quantitative estimate of drug-likeness (QED) is 0.870. The van der Waals surface area contributed by atoms with Crippen molar-refractivity contribution in [2.24, 2.45) is 0 Å². The van der Waals surface area contributed by atoms with Gasteiger partial charge in [-0.05, 0) is 38.5 Å². The Kier molecular flexibility index (Phi) is 6.11. The molecule has 0 aliphatic rings. The Balaban J connectivity index is 2.71. The SMILES string of the molecule is CC(C)(C)NCc1cc(F)cc(OC/C(Cl)=C/Cl)c1. The molecule has 0 amide bonds. The van der Waals surface area contributed by atoms with E-state index < -0.39 is 0 Å². The topological polar surface area (TPSA) is 21.3 Å². The van der Waals surface area contributed by atoms with E-state index in [1.807, 2.05) is 0 Å². The smallest absolute Gasteiger partial charge is 0.127 e. The van der Waals surface area contributed by atoms with E-state index in [4.69, 9.17) is 27.9 Å². The summed E-state index contributed by atoms with van der Waals surface area (Å²) in [5.41, 5.74) is 2.01. The van der Waals surface area contributed by atoms with E-state index in [-0.39, 0.29) is 18.0 Å². The summed E-state index contributed by atoms with van der Waals surface area (Å²) in [6.07, 6.45) is 0. The monoisotopic (exact) mass is 305 g/mol. The van der Waals surface area contributed by atoms with Crippen LogP contribution in [-0.2, 0) is 6.54 Å². The summed E-state index contributed by atoms with van der Waals surface area (Å²) in [5, 5.41) is 3.65. The normalized spacial score (nSPS) is 12.6. The third-order valence-corrected chi connectivity index (χ3v) is 2.84. The lowest BCUT2D eigenvalue weighted by Gasteiger charge is -2.20. The summed E-state index contributed by atoms with van der Waals surface area (Å²) in [4.78, 5) is 0. The highest BCUT2D eigenvalue weighted by atomic mass is 35.5. The van der Waals surface area contributed by atoms with Crippen LogP contribution in [-0.4, -0.2) is 12.1 Å². The first-order chi connectivity index (χ1) is 8.80. The van der Waals surface area contributed by atoms with Gasteiger partial charge in [0.1, 0.15) is 18.2 Å². The highest BCUT2D eigenvalue weighted by Gasteiger charge is 2.09.